The summed E-state index contributed by atoms with van der Waals surface area (Å²) in [5.74, 6) is 0.940. The van der Waals surface area contributed by atoms with Gasteiger partial charge in [0.15, 0.2) is 0 Å². The van der Waals surface area contributed by atoms with Crippen molar-refractivity contribution in [2.75, 3.05) is 0 Å². The van der Waals surface area contributed by atoms with Crippen molar-refractivity contribution in [3.05, 3.63) is 229 Å². The maximum Gasteiger partial charge on any atom is 0.145 e. The second-order valence-electron chi connectivity index (χ2n) is 15.8. The molecule has 0 unspecified atom stereocenters. The highest BCUT2D eigenvalue weighted by molar-refractivity contribution is 6.21. The van der Waals surface area contributed by atoms with Crippen LogP contribution in [-0.4, -0.2) is 9.55 Å². The van der Waals surface area contributed by atoms with Crippen molar-refractivity contribution in [2.45, 2.75) is 5.41 Å². The summed E-state index contributed by atoms with van der Waals surface area (Å²) in [6.45, 7) is 0. The zero-order chi connectivity index (χ0) is 38.0. The highest BCUT2D eigenvalue weighted by atomic mass is 15.1. The Hall–Kier alpha value is -7.55. The second-order valence-corrected chi connectivity index (χ2v) is 15.8. The SMILES string of the molecule is c1ccc(-c2nc3cc(-c4ccc5c6c(ccc5c4)-c4c(c5ccccc5c5ccccc45)C64c5ccccc5-c5ccccc54)ccc3n2-c2ccccc2)cc1. The predicted molar refractivity (Wildman–Crippen MR) is 241 cm³/mol. The molecule has 2 aliphatic rings. The molecule has 1 aromatic heterocycles. The highest BCUT2D eigenvalue weighted by Gasteiger charge is 2.53. The minimum Gasteiger partial charge on any atom is -0.292 e. The number of nitrogens with zero attached hydrogens (tertiary/aromatic N) is 2. The molecule has 0 saturated heterocycles. The fourth-order valence-electron chi connectivity index (χ4n) is 10.7. The quantitative estimate of drug-likeness (QED) is 0.165. The summed E-state index contributed by atoms with van der Waals surface area (Å²) < 4.78 is 2.28. The smallest absolute Gasteiger partial charge is 0.145 e. The van der Waals surface area contributed by atoms with Crippen LogP contribution in [0.4, 0.5) is 0 Å². The largest absolute Gasteiger partial charge is 0.292 e. The molecule has 0 fully saturated rings. The lowest BCUT2D eigenvalue weighted by molar-refractivity contribution is 0.809. The molecule has 1 heterocycles. The van der Waals surface area contributed by atoms with E-state index in [0.29, 0.717) is 0 Å². The number of hydrogen-bond donors (Lipinski definition) is 0. The van der Waals surface area contributed by atoms with Crippen LogP contribution in [0, 0.1) is 0 Å². The summed E-state index contributed by atoms with van der Waals surface area (Å²) in [7, 11) is 0. The Kier molecular flexibility index (Phi) is 6.40. The summed E-state index contributed by atoms with van der Waals surface area (Å²) in [5, 5.41) is 7.76. The highest BCUT2D eigenvalue weighted by Crippen LogP contribution is 2.66. The van der Waals surface area contributed by atoms with Gasteiger partial charge in [-0.2, -0.15) is 0 Å². The standard InChI is InChI=1S/C56H34N2/c1-3-15-35(16-4-1)55-57-50-34-37(29-32-51(50)58(55)39-17-5-2-6-18-39)36-27-30-40-38(33-36)28-31-47-52-45-23-9-7-19-41(45)42-20-8-10-24-46(42)54(52)56(53(40)47)48-25-13-11-21-43(48)44-22-12-14-26-49(44)56/h1-34H. The Labute approximate surface area is 335 Å². The Morgan fingerprint density at radius 3 is 1.71 bits per heavy atom. The Bertz CT molecular complexity index is 3460. The Morgan fingerprint density at radius 1 is 0.379 bits per heavy atom. The van der Waals surface area contributed by atoms with Crippen molar-refractivity contribution in [1.29, 1.82) is 0 Å². The van der Waals surface area contributed by atoms with Crippen molar-refractivity contribution in [3.8, 4) is 50.5 Å². The van der Waals surface area contributed by atoms with Gasteiger partial charge < -0.3 is 0 Å². The summed E-state index contributed by atoms with van der Waals surface area (Å²) in [4.78, 5) is 5.28. The van der Waals surface area contributed by atoms with Crippen molar-refractivity contribution in [2.24, 2.45) is 0 Å². The number of benzene rings is 10. The van der Waals surface area contributed by atoms with Gasteiger partial charge in [-0.05, 0) is 118 Å². The summed E-state index contributed by atoms with van der Waals surface area (Å²) >= 11 is 0. The molecular formula is C56H34N2. The van der Waals surface area contributed by atoms with E-state index in [9.17, 15) is 0 Å². The lowest BCUT2D eigenvalue weighted by Gasteiger charge is -2.32. The molecule has 2 aliphatic carbocycles. The molecule has 58 heavy (non-hydrogen) atoms. The summed E-state index contributed by atoms with van der Waals surface area (Å²) in [6.07, 6.45) is 0. The average Bonchev–Trinajstić information content (AvgIpc) is 3.94. The first kappa shape index (κ1) is 31.6. The molecule has 0 atom stereocenters. The van der Waals surface area contributed by atoms with Gasteiger partial charge in [-0.3, -0.25) is 4.57 Å². The molecule has 10 aromatic carbocycles. The van der Waals surface area contributed by atoms with E-state index in [2.05, 4.69) is 211 Å². The monoisotopic (exact) mass is 734 g/mol. The summed E-state index contributed by atoms with van der Waals surface area (Å²) in [6, 6.07) is 76.1. The molecule has 1 spiro atoms. The van der Waals surface area contributed by atoms with Gasteiger partial charge in [-0.1, -0.05) is 176 Å². The molecule has 2 heteroatoms. The van der Waals surface area contributed by atoms with Crippen LogP contribution in [0.2, 0.25) is 0 Å². The van der Waals surface area contributed by atoms with Crippen LogP contribution in [0.1, 0.15) is 22.3 Å². The maximum atomic E-state index is 5.28. The maximum absolute atomic E-state index is 5.28. The molecule has 13 rings (SSSR count). The average molecular weight is 735 g/mol. The number of fused-ring (bicyclic) bond motifs is 18. The van der Waals surface area contributed by atoms with E-state index < -0.39 is 5.41 Å². The van der Waals surface area contributed by atoms with Gasteiger partial charge in [0.25, 0.3) is 0 Å². The number of rotatable bonds is 3. The van der Waals surface area contributed by atoms with Gasteiger partial charge in [0.1, 0.15) is 5.82 Å². The van der Waals surface area contributed by atoms with E-state index in [1.165, 1.54) is 82.4 Å². The van der Waals surface area contributed by atoms with Crippen LogP contribution < -0.4 is 0 Å². The number of aromatic nitrogens is 2. The van der Waals surface area contributed by atoms with Crippen LogP contribution in [0.3, 0.4) is 0 Å². The van der Waals surface area contributed by atoms with Crippen LogP contribution in [-0.2, 0) is 5.41 Å². The van der Waals surface area contributed by atoms with E-state index in [0.717, 1.165) is 33.7 Å². The topological polar surface area (TPSA) is 17.8 Å². The minimum absolute atomic E-state index is 0.487. The van der Waals surface area contributed by atoms with Crippen LogP contribution >= 0.6 is 0 Å². The van der Waals surface area contributed by atoms with E-state index in [4.69, 9.17) is 4.98 Å². The zero-order valence-electron chi connectivity index (χ0n) is 31.5. The lowest BCUT2D eigenvalue weighted by atomic mass is 9.68. The van der Waals surface area contributed by atoms with Gasteiger partial charge >= 0.3 is 0 Å². The third-order valence-corrected chi connectivity index (χ3v) is 13.0. The molecule has 0 saturated carbocycles. The van der Waals surface area contributed by atoms with Crippen molar-refractivity contribution in [1.82, 2.24) is 9.55 Å². The van der Waals surface area contributed by atoms with Gasteiger partial charge in [0.2, 0.25) is 0 Å². The first-order valence-corrected chi connectivity index (χ1v) is 20.1. The van der Waals surface area contributed by atoms with Crippen LogP contribution in [0.5, 0.6) is 0 Å². The van der Waals surface area contributed by atoms with Crippen LogP contribution in [0.15, 0.2) is 206 Å². The molecule has 0 bridgehead atoms. The molecule has 0 amide bonds. The van der Waals surface area contributed by atoms with E-state index in [1.54, 1.807) is 0 Å². The first-order chi connectivity index (χ1) is 28.8. The lowest BCUT2D eigenvalue weighted by Crippen LogP contribution is -2.26. The van der Waals surface area contributed by atoms with Crippen molar-refractivity contribution in [3.63, 3.8) is 0 Å². The normalized spacial score (nSPS) is 13.3. The number of para-hydroxylation sites is 1. The van der Waals surface area contributed by atoms with Gasteiger partial charge in [0.05, 0.1) is 16.4 Å². The molecule has 0 N–H and O–H groups in total. The second kappa shape index (κ2) is 11.7. The van der Waals surface area contributed by atoms with E-state index in [-0.39, 0.29) is 0 Å². The first-order valence-electron chi connectivity index (χ1n) is 20.1. The summed E-state index contributed by atoms with van der Waals surface area (Å²) in [5.41, 5.74) is 16.9. The van der Waals surface area contributed by atoms with Gasteiger partial charge in [0, 0.05) is 11.3 Å². The molecule has 0 radical (unpaired) electrons. The molecule has 2 nitrogen and oxygen atoms in total. The number of imidazole rings is 1. The van der Waals surface area contributed by atoms with Gasteiger partial charge in [-0.15, -0.1) is 0 Å². The van der Waals surface area contributed by atoms with Gasteiger partial charge in [-0.25, -0.2) is 4.98 Å². The molecule has 11 aromatic rings. The van der Waals surface area contributed by atoms with Crippen molar-refractivity contribution < 1.29 is 0 Å². The Morgan fingerprint density at radius 2 is 0.966 bits per heavy atom. The molecular weight excluding hydrogens is 701 g/mol. The third-order valence-electron chi connectivity index (χ3n) is 13.0. The van der Waals surface area contributed by atoms with Crippen LogP contribution in [0.25, 0.3) is 93.8 Å². The fourth-order valence-corrected chi connectivity index (χ4v) is 10.7. The third kappa shape index (κ3) is 4.08. The van der Waals surface area contributed by atoms with E-state index >= 15 is 0 Å². The molecule has 268 valence electrons. The fraction of sp³-hybridized carbons (Fsp3) is 0.0179. The van der Waals surface area contributed by atoms with Crippen molar-refractivity contribution >= 4 is 43.4 Å². The Balaban J connectivity index is 1.08. The molecule has 0 aliphatic heterocycles. The number of hydrogen-bond acceptors (Lipinski definition) is 1. The zero-order valence-corrected chi connectivity index (χ0v) is 31.5. The van der Waals surface area contributed by atoms with E-state index in [1.807, 2.05) is 0 Å². The minimum atomic E-state index is -0.487. The predicted octanol–water partition coefficient (Wildman–Crippen LogP) is 14.2.